The molecule has 3 heterocycles. The number of ether oxygens (including phenoxy) is 1. The third-order valence-corrected chi connectivity index (χ3v) is 7.07. The van der Waals surface area contributed by atoms with Crippen molar-refractivity contribution < 1.29 is 14.3 Å². The minimum absolute atomic E-state index is 0.0430. The second-order valence-electron chi connectivity index (χ2n) is 8.28. The van der Waals surface area contributed by atoms with E-state index in [0.29, 0.717) is 42.9 Å². The number of carbonyl (C=O) groups excluding carboxylic acids is 2. The van der Waals surface area contributed by atoms with Crippen molar-refractivity contribution >= 4 is 28.2 Å². The molecule has 1 aromatic carbocycles. The summed E-state index contributed by atoms with van der Waals surface area (Å²) < 4.78 is 5.40. The molecule has 1 aliphatic rings. The van der Waals surface area contributed by atoms with Crippen molar-refractivity contribution in [2.75, 3.05) is 19.0 Å². The van der Waals surface area contributed by atoms with Crippen LogP contribution in [0.2, 0.25) is 0 Å². The highest BCUT2D eigenvalue weighted by Gasteiger charge is 2.27. The average Bonchev–Trinajstić information content (AvgIpc) is 3.19. The van der Waals surface area contributed by atoms with Crippen molar-refractivity contribution in [2.24, 2.45) is 0 Å². The van der Waals surface area contributed by atoms with E-state index < -0.39 is 0 Å². The summed E-state index contributed by atoms with van der Waals surface area (Å²) in [6.07, 6.45) is 5.11. The highest BCUT2D eigenvalue weighted by Crippen LogP contribution is 2.37. The van der Waals surface area contributed by atoms with Crippen LogP contribution in [0.4, 0.5) is 5.00 Å². The molecule has 0 saturated heterocycles. The minimum Gasteiger partial charge on any atom is -0.496 e. The normalized spacial score (nSPS) is 12.6. The summed E-state index contributed by atoms with van der Waals surface area (Å²) >= 11 is 1.39. The molecule has 0 spiro atoms. The van der Waals surface area contributed by atoms with Gasteiger partial charge in [0, 0.05) is 30.2 Å². The maximum atomic E-state index is 12.8. The van der Waals surface area contributed by atoms with Crippen molar-refractivity contribution in [3.8, 4) is 11.8 Å². The molecule has 3 aromatic rings. The Hall–Kier alpha value is -3.70. The van der Waals surface area contributed by atoms with Gasteiger partial charge >= 0.3 is 0 Å². The van der Waals surface area contributed by atoms with Crippen molar-refractivity contribution in [2.45, 2.75) is 39.2 Å². The maximum absolute atomic E-state index is 12.8. The van der Waals surface area contributed by atoms with E-state index in [-0.39, 0.29) is 18.2 Å². The molecule has 0 bridgehead atoms. The number of methoxy groups -OCH3 is 1. The molecule has 34 heavy (non-hydrogen) atoms. The van der Waals surface area contributed by atoms with E-state index in [2.05, 4.69) is 16.4 Å². The van der Waals surface area contributed by atoms with Gasteiger partial charge in [0.25, 0.3) is 0 Å². The van der Waals surface area contributed by atoms with Crippen LogP contribution in [0.3, 0.4) is 0 Å². The number of thiophene rings is 1. The Morgan fingerprint density at radius 2 is 2.06 bits per heavy atom. The summed E-state index contributed by atoms with van der Waals surface area (Å²) in [4.78, 5) is 32.2. The van der Waals surface area contributed by atoms with Crippen molar-refractivity contribution in [1.29, 1.82) is 5.26 Å². The van der Waals surface area contributed by atoms with Gasteiger partial charge in [0.1, 0.15) is 16.8 Å². The molecule has 0 atom stereocenters. The van der Waals surface area contributed by atoms with Gasteiger partial charge in [-0.1, -0.05) is 17.7 Å². The number of nitrogens with one attached hydrogen (secondary N) is 1. The number of rotatable bonds is 7. The zero-order valence-corrected chi connectivity index (χ0v) is 20.1. The molecule has 0 saturated carbocycles. The van der Waals surface area contributed by atoms with E-state index in [1.807, 2.05) is 42.2 Å². The Kier molecular flexibility index (Phi) is 7.24. The van der Waals surface area contributed by atoms with Crippen molar-refractivity contribution in [3.63, 3.8) is 0 Å². The molecule has 0 fully saturated rings. The SMILES string of the molecule is COc1ccc(C)cc1CCC(=O)Nc1sc2c(c1C#N)CCN(C(=O)Cc1ccncc1)C2. The molecule has 0 aliphatic carbocycles. The smallest absolute Gasteiger partial charge is 0.227 e. The molecule has 7 nitrogen and oxygen atoms in total. The first-order valence-electron chi connectivity index (χ1n) is 11.1. The van der Waals surface area contributed by atoms with E-state index in [1.165, 1.54) is 11.3 Å². The lowest BCUT2D eigenvalue weighted by Crippen LogP contribution is -2.36. The summed E-state index contributed by atoms with van der Waals surface area (Å²) in [7, 11) is 1.62. The van der Waals surface area contributed by atoms with Gasteiger partial charge in [-0.05, 0) is 54.7 Å². The third-order valence-electron chi connectivity index (χ3n) is 5.94. The van der Waals surface area contributed by atoms with Crippen LogP contribution in [0, 0.1) is 18.3 Å². The molecule has 0 radical (unpaired) electrons. The van der Waals surface area contributed by atoms with Gasteiger partial charge in [0.15, 0.2) is 0 Å². The number of benzene rings is 1. The molecular weight excluding hydrogens is 448 g/mol. The standard InChI is InChI=1S/C26H26N4O3S/c1-17-3-5-22(33-2)19(13-17)4-6-24(31)29-26-21(15-27)20-9-12-30(16-23(20)34-26)25(32)14-18-7-10-28-11-8-18/h3,5,7-8,10-11,13H,4,6,9,12,14,16H2,1-2H3,(H,29,31). The zero-order chi connectivity index (χ0) is 24.1. The quantitative estimate of drug-likeness (QED) is 0.558. The molecule has 174 valence electrons. The lowest BCUT2D eigenvalue weighted by atomic mass is 10.0. The lowest BCUT2D eigenvalue weighted by Gasteiger charge is -2.27. The largest absolute Gasteiger partial charge is 0.496 e. The number of carbonyl (C=O) groups is 2. The lowest BCUT2D eigenvalue weighted by molar-refractivity contribution is -0.131. The van der Waals surface area contributed by atoms with Crippen LogP contribution in [-0.4, -0.2) is 35.4 Å². The van der Waals surface area contributed by atoms with Crippen LogP contribution in [0.15, 0.2) is 42.7 Å². The fourth-order valence-electron chi connectivity index (χ4n) is 4.15. The minimum atomic E-state index is -0.149. The molecule has 8 heteroatoms. The fourth-order valence-corrected chi connectivity index (χ4v) is 5.38. The van der Waals surface area contributed by atoms with Crippen LogP contribution in [0.5, 0.6) is 5.75 Å². The molecule has 2 amide bonds. The number of anilines is 1. The van der Waals surface area contributed by atoms with Gasteiger partial charge in [-0.3, -0.25) is 14.6 Å². The van der Waals surface area contributed by atoms with Crippen molar-refractivity contribution in [1.82, 2.24) is 9.88 Å². The van der Waals surface area contributed by atoms with Gasteiger partial charge in [-0.2, -0.15) is 5.26 Å². The Morgan fingerprint density at radius 3 is 2.79 bits per heavy atom. The third kappa shape index (κ3) is 5.26. The number of pyridine rings is 1. The number of nitriles is 1. The van der Waals surface area contributed by atoms with Gasteiger partial charge in [0.2, 0.25) is 11.8 Å². The molecule has 1 N–H and O–H groups in total. The monoisotopic (exact) mass is 474 g/mol. The van der Waals surface area contributed by atoms with Gasteiger partial charge in [-0.25, -0.2) is 0 Å². The highest BCUT2D eigenvalue weighted by molar-refractivity contribution is 7.16. The first kappa shape index (κ1) is 23.5. The molecular formula is C26H26N4O3S. The Morgan fingerprint density at radius 1 is 1.26 bits per heavy atom. The number of aryl methyl sites for hydroxylation is 2. The van der Waals surface area contributed by atoms with Gasteiger partial charge in [0.05, 0.1) is 25.6 Å². The summed E-state index contributed by atoms with van der Waals surface area (Å²) in [5.41, 5.74) is 4.47. The highest BCUT2D eigenvalue weighted by atomic mass is 32.1. The van der Waals surface area contributed by atoms with Crippen LogP contribution in [0.1, 0.15) is 39.1 Å². The Bertz CT molecular complexity index is 1250. The molecule has 2 aromatic heterocycles. The second-order valence-corrected chi connectivity index (χ2v) is 9.39. The van der Waals surface area contributed by atoms with Crippen LogP contribution in [0.25, 0.3) is 0 Å². The first-order chi connectivity index (χ1) is 16.5. The summed E-state index contributed by atoms with van der Waals surface area (Å²) in [5.74, 6) is 0.657. The van der Waals surface area contributed by atoms with Crippen LogP contribution >= 0.6 is 11.3 Å². The number of hydrogen-bond acceptors (Lipinski definition) is 6. The molecule has 1 aliphatic heterocycles. The van der Waals surface area contributed by atoms with E-state index in [4.69, 9.17) is 4.74 Å². The Labute approximate surface area is 203 Å². The van der Waals surface area contributed by atoms with E-state index in [9.17, 15) is 14.9 Å². The predicted octanol–water partition coefficient (Wildman–Crippen LogP) is 4.03. The second kappa shape index (κ2) is 10.5. The average molecular weight is 475 g/mol. The number of amides is 2. The van der Waals surface area contributed by atoms with E-state index >= 15 is 0 Å². The van der Waals surface area contributed by atoms with Gasteiger partial charge in [-0.15, -0.1) is 11.3 Å². The van der Waals surface area contributed by atoms with Crippen LogP contribution < -0.4 is 10.1 Å². The summed E-state index contributed by atoms with van der Waals surface area (Å²) in [6.45, 7) is 3.02. The molecule has 4 rings (SSSR count). The summed E-state index contributed by atoms with van der Waals surface area (Å²) in [5, 5.41) is 13.3. The number of aromatic nitrogens is 1. The zero-order valence-electron chi connectivity index (χ0n) is 19.3. The van der Waals surface area contributed by atoms with Gasteiger partial charge < -0.3 is 15.0 Å². The number of hydrogen-bond donors (Lipinski definition) is 1. The van der Waals surface area contributed by atoms with Crippen LogP contribution in [-0.2, 0) is 35.4 Å². The topological polar surface area (TPSA) is 95.3 Å². The van der Waals surface area contributed by atoms with E-state index in [1.54, 1.807) is 19.5 Å². The van der Waals surface area contributed by atoms with Crippen molar-refractivity contribution in [3.05, 3.63) is 75.4 Å². The first-order valence-corrected chi connectivity index (χ1v) is 11.9. The van der Waals surface area contributed by atoms with E-state index in [0.717, 1.165) is 32.9 Å². The Balaban J connectivity index is 1.42. The number of fused-ring (bicyclic) bond motifs is 1. The maximum Gasteiger partial charge on any atom is 0.227 e. The predicted molar refractivity (Wildman–Crippen MR) is 131 cm³/mol. The number of nitrogens with zero attached hydrogens (tertiary/aromatic N) is 3. The fraction of sp³-hybridized carbons (Fsp3) is 0.308. The summed E-state index contributed by atoms with van der Waals surface area (Å²) in [6, 6.07) is 11.8. The molecule has 0 unspecified atom stereocenters.